The Hall–Kier alpha value is -0.430. The van der Waals surface area contributed by atoms with Gasteiger partial charge < -0.3 is 15.5 Å². The summed E-state index contributed by atoms with van der Waals surface area (Å²) in [7, 11) is 0. The lowest BCUT2D eigenvalue weighted by Crippen LogP contribution is -2.44. The van der Waals surface area contributed by atoms with Crippen LogP contribution in [0.4, 0.5) is 0 Å². The van der Waals surface area contributed by atoms with Crippen molar-refractivity contribution >= 4 is 33.2 Å². The molecule has 0 bridgehead atoms. The molecule has 1 heterocycles. The fourth-order valence-corrected chi connectivity index (χ4v) is 2.37. The Morgan fingerprint density at radius 3 is 2.87 bits per heavy atom. The van der Waals surface area contributed by atoms with Crippen LogP contribution >= 0.6 is 27.3 Å². The average Bonchev–Trinajstić information content (AvgIpc) is 2.51. The molecule has 0 fully saturated rings. The van der Waals surface area contributed by atoms with E-state index in [1.165, 1.54) is 6.92 Å². The number of hydrogen-bond donors (Lipinski definition) is 3. The molecule has 0 aliphatic carbocycles. The van der Waals surface area contributed by atoms with E-state index >= 15 is 0 Å². The lowest BCUT2D eigenvalue weighted by Gasteiger charge is -2.17. The van der Waals surface area contributed by atoms with Crippen LogP contribution in [0, 0.1) is 0 Å². The van der Waals surface area contributed by atoms with E-state index in [2.05, 4.69) is 21.2 Å². The van der Waals surface area contributed by atoms with Gasteiger partial charge >= 0.3 is 5.97 Å². The van der Waals surface area contributed by atoms with Gasteiger partial charge in [0.05, 0.1) is 0 Å². The summed E-state index contributed by atoms with van der Waals surface area (Å²) in [5.74, 6) is -1.22. The number of hydrogen-bond acceptors (Lipinski definition) is 4. The number of nitrogens with one attached hydrogen (secondary N) is 1. The predicted molar refractivity (Wildman–Crippen MR) is 62.0 cm³/mol. The van der Waals surface area contributed by atoms with Gasteiger partial charge in [-0.25, -0.2) is 4.79 Å². The van der Waals surface area contributed by atoms with E-state index in [-0.39, 0.29) is 6.54 Å². The SMILES string of the molecule is CC(O)(CNCc1cc(Br)cs1)C(=O)O. The van der Waals surface area contributed by atoms with Crippen molar-refractivity contribution in [2.24, 2.45) is 0 Å². The molecule has 4 nitrogen and oxygen atoms in total. The first-order valence-corrected chi connectivity index (χ1v) is 5.98. The average molecular weight is 294 g/mol. The van der Waals surface area contributed by atoms with Gasteiger partial charge in [0.1, 0.15) is 0 Å². The molecule has 84 valence electrons. The van der Waals surface area contributed by atoms with Crippen molar-refractivity contribution < 1.29 is 15.0 Å². The number of thiophene rings is 1. The largest absolute Gasteiger partial charge is 0.479 e. The number of aliphatic carboxylic acids is 1. The second-order valence-electron chi connectivity index (χ2n) is 3.41. The Morgan fingerprint density at radius 1 is 1.73 bits per heavy atom. The monoisotopic (exact) mass is 293 g/mol. The number of rotatable bonds is 5. The molecule has 1 atom stereocenters. The Labute approximate surface area is 100 Å². The van der Waals surface area contributed by atoms with Gasteiger partial charge in [0.15, 0.2) is 5.60 Å². The van der Waals surface area contributed by atoms with Gasteiger partial charge in [-0.3, -0.25) is 0 Å². The molecule has 1 rings (SSSR count). The van der Waals surface area contributed by atoms with Gasteiger partial charge in [-0.15, -0.1) is 11.3 Å². The van der Waals surface area contributed by atoms with Crippen molar-refractivity contribution in [3.63, 3.8) is 0 Å². The maximum absolute atomic E-state index is 10.6. The number of carbonyl (C=O) groups is 1. The maximum atomic E-state index is 10.6. The van der Waals surface area contributed by atoms with Crippen molar-refractivity contribution in [1.82, 2.24) is 5.32 Å². The quantitative estimate of drug-likeness (QED) is 0.768. The highest BCUT2D eigenvalue weighted by molar-refractivity contribution is 9.10. The molecule has 0 amide bonds. The summed E-state index contributed by atoms with van der Waals surface area (Å²) in [4.78, 5) is 11.7. The van der Waals surface area contributed by atoms with Gasteiger partial charge in [0.25, 0.3) is 0 Å². The first-order chi connectivity index (χ1) is 6.92. The third kappa shape index (κ3) is 3.90. The zero-order valence-electron chi connectivity index (χ0n) is 8.16. The van der Waals surface area contributed by atoms with E-state index in [0.29, 0.717) is 6.54 Å². The highest BCUT2D eigenvalue weighted by Gasteiger charge is 2.28. The van der Waals surface area contributed by atoms with E-state index < -0.39 is 11.6 Å². The fourth-order valence-electron chi connectivity index (χ4n) is 0.951. The van der Waals surface area contributed by atoms with E-state index in [1.54, 1.807) is 11.3 Å². The summed E-state index contributed by atoms with van der Waals surface area (Å²) in [6.45, 7) is 1.85. The molecule has 1 unspecified atom stereocenters. The summed E-state index contributed by atoms with van der Waals surface area (Å²) in [5.41, 5.74) is -1.71. The van der Waals surface area contributed by atoms with Gasteiger partial charge in [-0.1, -0.05) is 0 Å². The summed E-state index contributed by atoms with van der Waals surface area (Å²) in [6.07, 6.45) is 0. The van der Waals surface area contributed by atoms with Gasteiger partial charge in [0.2, 0.25) is 0 Å². The first kappa shape index (κ1) is 12.6. The minimum Gasteiger partial charge on any atom is -0.479 e. The van der Waals surface area contributed by atoms with Crippen LogP contribution in [-0.2, 0) is 11.3 Å². The molecular weight excluding hydrogens is 282 g/mol. The molecule has 0 aliphatic rings. The van der Waals surface area contributed by atoms with E-state index in [9.17, 15) is 9.90 Å². The zero-order valence-corrected chi connectivity index (χ0v) is 10.6. The molecule has 0 radical (unpaired) electrons. The Kier molecular flexibility index (Phi) is 4.27. The summed E-state index contributed by atoms with van der Waals surface area (Å²) >= 11 is 4.90. The summed E-state index contributed by atoms with van der Waals surface area (Å²) < 4.78 is 1.01. The van der Waals surface area contributed by atoms with Crippen LogP contribution in [0.2, 0.25) is 0 Å². The van der Waals surface area contributed by atoms with Crippen LogP contribution in [0.15, 0.2) is 15.9 Å². The standard InChI is InChI=1S/C9H12BrNO3S/c1-9(14,8(12)13)5-11-3-7-2-6(10)4-15-7/h2,4,11,14H,3,5H2,1H3,(H,12,13). The van der Waals surface area contributed by atoms with Crippen LogP contribution in [0.5, 0.6) is 0 Å². The molecule has 15 heavy (non-hydrogen) atoms. The van der Waals surface area contributed by atoms with Gasteiger partial charge in [-0.05, 0) is 28.9 Å². The smallest absolute Gasteiger partial charge is 0.336 e. The summed E-state index contributed by atoms with van der Waals surface area (Å²) in [5, 5.41) is 22.9. The second-order valence-corrected chi connectivity index (χ2v) is 5.33. The van der Waals surface area contributed by atoms with Crippen LogP contribution in [0.25, 0.3) is 0 Å². The van der Waals surface area contributed by atoms with Crippen LogP contribution in [0.1, 0.15) is 11.8 Å². The first-order valence-electron chi connectivity index (χ1n) is 4.31. The maximum Gasteiger partial charge on any atom is 0.336 e. The minimum atomic E-state index is -1.71. The van der Waals surface area contributed by atoms with E-state index in [0.717, 1.165) is 9.35 Å². The highest BCUT2D eigenvalue weighted by atomic mass is 79.9. The third-order valence-electron chi connectivity index (χ3n) is 1.85. The van der Waals surface area contributed by atoms with Crippen LogP contribution < -0.4 is 5.32 Å². The molecule has 3 N–H and O–H groups in total. The zero-order chi connectivity index (χ0) is 11.5. The molecule has 0 aliphatic heterocycles. The van der Waals surface area contributed by atoms with Crippen molar-refractivity contribution in [3.05, 3.63) is 20.8 Å². The topological polar surface area (TPSA) is 69.6 Å². The van der Waals surface area contributed by atoms with Gasteiger partial charge in [-0.2, -0.15) is 0 Å². The number of aliphatic hydroxyl groups is 1. The second kappa shape index (κ2) is 5.07. The van der Waals surface area contributed by atoms with Gasteiger partial charge in [0, 0.05) is 27.8 Å². The molecule has 0 aromatic carbocycles. The molecule has 0 saturated heterocycles. The molecule has 0 saturated carbocycles. The molecule has 6 heteroatoms. The van der Waals surface area contributed by atoms with E-state index in [1.807, 2.05) is 11.4 Å². The number of carboxylic acids is 1. The number of carboxylic acid groups (broad SMARTS) is 1. The molecule has 0 spiro atoms. The van der Waals surface area contributed by atoms with Crippen molar-refractivity contribution in [3.8, 4) is 0 Å². The van der Waals surface area contributed by atoms with Crippen LogP contribution in [0.3, 0.4) is 0 Å². The lowest BCUT2D eigenvalue weighted by atomic mass is 10.1. The van der Waals surface area contributed by atoms with Crippen molar-refractivity contribution in [2.45, 2.75) is 19.1 Å². The van der Waals surface area contributed by atoms with Crippen LogP contribution in [-0.4, -0.2) is 28.3 Å². The third-order valence-corrected chi connectivity index (χ3v) is 3.55. The summed E-state index contributed by atoms with van der Waals surface area (Å²) in [6, 6.07) is 1.95. The number of halogens is 1. The lowest BCUT2D eigenvalue weighted by molar-refractivity contribution is -0.156. The highest BCUT2D eigenvalue weighted by Crippen LogP contribution is 2.19. The fraction of sp³-hybridized carbons (Fsp3) is 0.444. The molecule has 1 aromatic rings. The Balaban J connectivity index is 2.36. The Bertz CT molecular complexity index is 351. The predicted octanol–water partition coefficient (Wildman–Crippen LogP) is 1.44. The Morgan fingerprint density at radius 2 is 2.40 bits per heavy atom. The van der Waals surface area contributed by atoms with Crippen molar-refractivity contribution in [1.29, 1.82) is 0 Å². The molecule has 1 aromatic heterocycles. The normalized spacial score (nSPS) is 14.9. The van der Waals surface area contributed by atoms with Crippen molar-refractivity contribution in [2.75, 3.05) is 6.54 Å². The van der Waals surface area contributed by atoms with E-state index in [4.69, 9.17) is 5.11 Å². The minimum absolute atomic E-state index is 0.0256. The molecular formula is C9H12BrNO3S.